The molecule has 3 nitrogen and oxygen atoms in total. The van der Waals surface area contributed by atoms with Crippen LogP contribution in [-0.4, -0.2) is 17.0 Å². The molecule has 0 radical (unpaired) electrons. The predicted molar refractivity (Wildman–Crippen MR) is 90.3 cm³/mol. The van der Waals surface area contributed by atoms with Crippen LogP contribution in [0.3, 0.4) is 0 Å². The Morgan fingerprint density at radius 2 is 2.10 bits per heavy atom. The molecule has 1 heterocycles. The van der Waals surface area contributed by atoms with E-state index in [4.69, 9.17) is 23.2 Å². The van der Waals surface area contributed by atoms with E-state index in [2.05, 4.69) is 21.2 Å². The number of benzene rings is 1. The summed E-state index contributed by atoms with van der Waals surface area (Å²) >= 11 is 15.3. The average molecular weight is 390 g/mol. The molecule has 0 unspecified atom stereocenters. The first-order valence-corrected chi connectivity index (χ1v) is 8.14. The van der Waals surface area contributed by atoms with Gasteiger partial charge in [-0.2, -0.15) is 0 Å². The van der Waals surface area contributed by atoms with Crippen LogP contribution >= 0.6 is 39.1 Å². The quantitative estimate of drug-likeness (QED) is 0.799. The van der Waals surface area contributed by atoms with Crippen molar-refractivity contribution < 1.29 is 4.79 Å². The number of halogens is 3. The van der Waals surface area contributed by atoms with E-state index in [9.17, 15) is 4.79 Å². The highest BCUT2D eigenvalue weighted by Gasteiger charge is 2.12. The number of aryl methyl sites for hydroxylation is 1. The minimum atomic E-state index is -0.0902. The van der Waals surface area contributed by atoms with Crippen molar-refractivity contribution in [1.29, 1.82) is 0 Å². The van der Waals surface area contributed by atoms with Crippen LogP contribution in [0.4, 0.5) is 0 Å². The normalized spacial score (nSPS) is 10.7. The zero-order chi connectivity index (χ0) is 15.4. The molecule has 1 N–H and O–H groups in total. The largest absolute Gasteiger partial charge is 0.350 e. The molecule has 0 spiro atoms. The minimum Gasteiger partial charge on any atom is -0.350 e. The number of aromatic nitrogens is 1. The van der Waals surface area contributed by atoms with E-state index in [0.29, 0.717) is 28.7 Å². The fraction of sp³-hybridized carbons (Fsp3) is 0.267. The second-order valence-electron chi connectivity index (χ2n) is 4.57. The Hall–Kier alpha value is -0.970. The molecular formula is C15H15BrCl2N2O. The minimum absolute atomic E-state index is 0.0902. The van der Waals surface area contributed by atoms with Gasteiger partial charge in [0.15, 0.2) is 0 Å². The summed E-state index contributed by atoms with van der Waals surface area (Å²) in [5.41, 5.74) is 1.61. The Balaban J connectivity index is 1.95. The predicted octanol–water partition coefficient (Wildman–Crippen LogP) is 4.55. The standard InChI is InChI=1S/C15H15BrCl2N2O/c1-2-20-9-11(16)7-14(20)15(21)19-6-5-10-3-4-12(17)8-13(10)18/h3-4,7-9H,2,5-6H2,1H3,(H,19,21). The van der Waals surface area contributed by atoms with E-state index in [1.165, 1.54) is 0 Å². The van der Waals surface area contributed by atoms with E-state index in [-0.39, 0.29) is 5.91 Å². The molecule has 1 amide bonds. The second-order valence-corrected chi connectivity index (χ2v) is 6.33. The van der Waals surface area contributed by atoms with E-state index in [1.54, 1.807) is 12.1 Å². The lowest BCUT2D eigenvalue weighted by atomic mass is 10.1. The molecule has 0 saturated heterocycles. The van der Waals surface area contributed by atoms with Crippen molar-refractivity contribution in [3.63, 3.8) is 0 Å². The number of rotatable bonds is 5. The lowest BCUT2D eigenvalue weighted by Gasteiger charge is -2.08. The fourth-order valence-electron chi connectivity index (χ4n) is 2.05. The lowest BCUT2D eigenvalue weighted by molar-refractivity contribution is 0.0945. The van der Waals surface area contributed by atoms with Gasteiger partial charge in [0, 0.05) is 33.8 Å². The van der Waals surface area contributed by atoms with Gasteiger partial charge in [-0.05, 0) is 53.0 Å². The summed E-state index contributed by atoms with van der Waals surface area (Å²) in [4.78, 5) is 12.2. The van der Waals surface area contributed by atoms with Gasteiger partial charge in [-0.15, -0.1) is 0 Å². The van der Waals surface area contributed by atoms with Gasteiger partial charge in [-0.3, -0.25) is 4.79 Å². The summed E-state index contributed by atoms with van der Waals surface area (Å²) in [6.07, 6.45) is 2.56. The summed E-state index contributed by atoms with van der Waals surface area (Å²) in [5, 5.41) is 4.14. The third kappa shape index (κ3) is 4.25. The highest BCUT2D eigenvalue weighted by atomic mass is 79.9. The van der Waals surface area contributed by atoms with Gasteiger partial charge in [0.05, 0.1) is 0 Å². The smallest absolute Gasteiger partial charge is 0.267 e. The maximum absolute atomic E-state index is 12.2. The monoisotopic (exact) mass is 388 g/mol. The summed E-state index contributed by atoms with van der Waals surface area (Å²) in [7, 11) is 0. The zero-order valence-electron chi connectivity index (χ0n) is 11.5. The third-order valence-corrected chi connectivity index (χ3v) is 4.15. The maximum Gasteiger partial charge on any atom is 0.267 e. The van der Waals surface area contributed by atoms with Crippen molar-refractivity contribution in [3.05, 3.63) is 56.2 Å². The van der Waals surface area contributed by atoms with Gasteiger partial charge >= 0.3 is 0 Å². The molecule has 0 aliphatic rings. The van der Waals surface area contributed by atoms with Crippen LogP contribution in [0.15, 0.2) is 34.9 Å². The van der Waals surface area contributed by atoms with Gasteiger partial charge in [-0.25, -0.2) is 0 Å². The van der Waals surface area contributed by atoms with Crippen LogP contribution in [0.2, 0.25) is 10.0 Å². The maximum atomic E-state index is 12.2. The highest BCUT2D eigenvalue weighted by Crippen LogP contribution is 2.21. The number of amides is 1. The molecule has 0 bridgehead atoms. The van der Waals surface area contributed by atoms with Crippen LogP contribution in [0.5, 0.6) is 0 Å². The summed E-state index contributed by atoms with van der Waals surface area (Å²) in [5.74, 6) is -0.0902. The Bertz CT molecular complexity index is 655. The first-order chi connectivity index (χ1) is 10.0. The fourth-order valence-corrected chi connectivity index (χ4v) is 3.02. The second kappa shape index (κ2) is 7.34. The molecule has 0 aliphatic carbocycles. The number of nitrogens with one attached hydrogen (secondary N) is 1. The molecule has 6 heteroatoms. The molecule has 0 aliphatic heterocycles. The Kier molecular flexibility index (Phi) is 5.73. The number of nitrogens with zero attached hydrogens (tertiary/aromatic N) is 1. The summed E-state index contributed by atoms with van der Waals surface area (Å²) in [6, 6.07) is 7.19. The summed E-state index contributed by atoms with van der Waals surface area (Å²) < 4.78 is 2.80. The number of carbonyl (C=O) groups excluding carboxylic acids is 1. The average Bonchev–Trinajstić information content (AvgIpc) is 2.82. The van der Waals surface area contributed by atoms with Crippen molar-refractivity contribution >= 4 is 45.0 Å². The first-order valence-electron chi connectivity index (χ1n) is 6.59. The van der Waals surface area contributed by atoms with E-state index < -0.39 is 0 Å². The molecule has 2 rings (SSSR count). The van der Waals surface area contributed by atoms with Crippen LogP contribution in [0, 0.1) is 0 Å². The number of carbonyl (C=O) groups is 1. The molecule has 2 aromatic rings. The van der Waals surface area contributed by atoms with Gasteiger partial charge in [0.2, 0.25) is 0 Å². The topological polar surface area (TPSA) is 34.0 Å². The molecule has 1 aromatic carbocycles. The van der Waals surface area contributed by atoms with Gasteiger partial charge < -0.3 is 9.88 Å². The molecule has 21 heavy (non-hydrogen) atoms. The molecule has 112 valence electrons. The van der Waals surface area contributed by atoms with E-state index >= 15 is 0 Å². The van der Waals surface area contributed by atoms with Gasteiger partial charge in [0.1, 0.15) is 5.69 Å². The van der Waals surface area contributed by atoms with Gasteiger partial charge in [0.25, 0.3) is 5.91 Å². The van der Waals surface area contributed by atoms with Crippen molar-refractivity contribution in [2.24, 2.45) is 0 Å². The van der Waals surface area contributed by atoms with Crippen molar-refractivity contribution in [2.45, 2.75) is 19.9 Å². The zero-order valence-corrected chi connectivity index (χ0v) is 14.6. The SMILES string of the molecule is CCn1cc(Br)cc1C(=O)NCCc1ccc(Cl)cc1Cl. The Labute approximate surface area is 142 Å². The van der Waals surface area contributed by atoms with Crippen molar-refractivity contribution in [1.82, 2.24) is 9.88 Å². The Morgan fingerprint density at radius 1 is 1.33 bits per heavy atom. The molecule has 0 fully saturated rings. The number of hydrogen-bond donors (Lipinski definition) is 1. The van der Waals surface area contributed by atoms with Crippen molar-refractivity contribution in [2.75, 3.05) is 6.54 Å². The van der Waals surface area contributed by atoms with E-state index in [0.717, 1.165) is 16.6 Å². The number of hydrogen-bond acceptors (Lipinski definition) is 1. The van der Waals surface area contributed by atoms with Gasteiger partial charge in [-0.1, -0.05) is 29.3 Å². The van der Waals surface area contributed by atoms with Crippen LogP contribution in [-0.2, 0) is 13.0 Å². The first kappa shape index (κ1) is 16.4. The third-order valence-electron chi connectivity index (χ3n) is 3.13. The van der Waals surface area contributed by atoms with E-state index in [1.807, 2.05) is 29.8 Å². The molecule has 0 atom stereocenters. The molecule has 1 aromatic heterocycles. The van der Waals surface area contributed by atoms with Crippen molar-refractivity contribution in [3.8, 4) is 0 Å². The van der Waals surface area contributed by atoms with Crippen LogP contribution in [0.1, 0.15) is 23.0 Å². The van der Waals surface area contributed by atoms with Crippen LogP contribution < -0.4 is 5.32 Å². The Morgan fingerprint density at radius 3 is 2.76 bits per heavy atom. The lowest BCUT2D eigenvalue weighted by Crippen LogP contribution is -2.27. The molecular weight excluding hydrogens is 375 g/mol. The van der Waals surface area contributed by atoms with Crippen LogP contribution in [0.25, 0.3) is 0 Å². The molecule has 0 saturated carbocycles. The highest BCUT2D eigenvalue weighted by molar-refractivity contribution is 9.10. The summed E-state index contributed by atoms with van der Waals surface area (Å²) in [6.45, 7) is 3.26.